The monoisotopic (exact) mass is 364 g/mol. The Kier molecular flexibility index (Phi) is 8.04. The van der Waals surface area contributed by atoms with Gasteiger partial charge in [0.05, 0.1) is 21.3 Å². The summed E-state index contributed by atoms with van der Waals surface area (Å²) in [6.07, 6.45) is 4.58. The van der Waals surface area contributed by atoms with Crippen LogP contribution in [0.5, 0.6) is 17.2 Å². The van der Waals surface area contributed by atoms with E-state index in [9.17, 15) is 4.79 Å². The third-order valence-corrected chi connectivity index (χ3v) is 5.12. The van der Waals surface area contributed by atoms with E-state index in [1.54, 1.807) is 21.3 Å². The Balaban J connectivity index is 1.89. The van der Waals surface area contributed by atoms with E-state index in [1.165, 1.54) is 6.42 Å². The topological polar surface area (TPSA) is 60.0 Å². The molecule has 1 aliphatic heterocycles. The highest BCUT2D eigenvalue weighted by atomic mass is 16.5. The molecule has 1 N–H and O–H groups in total. The molecule has 6 heteroatoms. The van der Waals surface area contributed by atoms with Crippen molar-refractivity contribution in [3.05, 3.63) is 17.7 Å². The van der Waals surface area contributed by atoms with Gasteiger partial charge in [-0.15, -0.1) is 0 Å². The number of piperidine rings is 1. The van der Waals surface area contributed by atoms with Gasteiger partial charge in [-0.25, -0.2) is 0 Å². The maximum absolute atomic E-state index is 12.6. The van der Waals surface area contributed by atoms with E-state index in [0.717, 1.165) is 44.0 Å². The van der Waals surface area contributed by atoms with Gasteiger partial charge in [-0.3, -0.25) is 4.79 Å². The number of methoxy groups -OCH3 is 3. The SMILES string of the molecule is CNCCC1CCN(C(=O)CCc2cc(OC)c(OC)c(OC)c2)CC1. The molecule has 0 saturated carbocycles. The van der Waals surface area contributed by atoms with Gasteiger partial charge < -0.3 is 24.4 Å². The van der Waals surface area contributed by atoms with Gasteiger partial charge in [0.1, 0.15) is 0 Å². The van der Waals surface area contributed by atoms with Crippen LogP contribution < -0.4 is 19.5 Å². The Labute approximate surface area is 156 Å². The highest BCUT2D eigenvalue weighted by Crippen LogP contribution is 2.38. The van der Waals surface area contributed by atoms with Crippen molar-refractivity contribution in [1.29, 1.82) is 0 Å². The minimum Gasteiger partial charge on any atom is -0.493 e. The summed E-state index contributed by atoms with van der Waals surface area (Å²) in [7, 11) is 6.78. The minimum atomic E-state index is 0.228. The number of aryl methyl sites for hydroxylation is 1. The number of carbonyl (C=O) groups excluding carboxylic acids is 1. The molecule has 1 heterocycles. The van der Waals surface area contributed by atoms with Crippen LogP contribution in [0, 0.1) is 5.92 Å². The van der Waals surface area contributed by atoms with E-state index in [1.807, 2.05) is 24.1 Å². The Hall–Kier alpha value is -1.95. The summed E-state index contributed by atoms with van der Waals surface area (Å²) in [5.74, 6) is 2.79. The van der Waals surface area contributed by atoms with Gasteiger partial charge >= 0.3 is 0 Å². The van der Waals surface area contributed by atoms with Crippen molar-refractivity contribution in [1.82, 2.24) is 10.2 Å². The Bertz CT molecular complexity index is 558. The van der Waals surface area contributed by atoms with E-state index in [2.05, 4.69) is 5.32 Å². The number of nitrogens with zero attached hydrogens (tertiary/aromatic N) is 1. The number of benzene rings is 1. The number of hydrogen-bond donors (Lipinski definition) is 1. The lowest BCUT2D eigenvalue weighted by atomic mass is 9.93. The molecule has 0 unspecified atom stereocenters. The highest BCUT2D eigenvalue weighted by molar-refractivity contribution is 5.76. The zero-order valence-corrected chi connectivity index (χ0v) is 16.5. The normalized spacial score (nSPS) is 15.0. The van der Waals surface area contributed by atoms with Gasteiger partial charge in [0.25, 0.3) is 0 Å². The van der Waals surface area contributed by atoms with Crippen molar-refractivity contribution in [2.75, 3.05) is 48.0 Å². The molecule has 0 aromatic heterocycles. The second-order valence-electron chi connectivity index (χ2n) is 6.75. The average Bonchev–Trinajstić information content (AvgIpc) is 2.69. The van der Waals surface area contributed by atoms with E-state index >= 15 is 0 Å². The molecule has 6 nitrogen and oxygen atoms in total. The van der Waals surface area contributed by atoms with Crippen LogP contribution in [0.25, 0.3) is 0 Å². The lowest BCUT2D eigenvalue weighted by Gasteiger charge is -2.32. The molecule has 1 aromatic carbocycles. The standard InChI is InChI=1S/C20H32N2O4/c1-21-10-7-15-8-11-22(12-9-15)19(23)6-5-16-13-17(24-2)20(26-4)18(14-16)25-3/h13-15,21H,5-12H2,1-4H3. The lowest BCUT2D eigenvalue weighted by molar-refractivity contribution is -0.132. The Morgan fingerprint density at radius 2 is 1.73 bits per heavy atom. The van der Waals surface area contributed by atoms with Crippen molar-refractivity contribution < 1.29 is 19.0 Å². The van der Waals surface area contributed by atoms with Gasteiger partial charge in [0, 0.05) is 19.5 Å². The maximum Gasteiger partial charge on any atom is 0.222 e. The molecular weight excluding hydrogens is 332 g/mol. The summed E-state index contributed by atoms with van der Waals surface area (Å²) in [6, 6.07) is 3.83. The van der Waals surface area contributed by atoms with Gasteiger partial charge in [-0.05, 0) is 62.9 Å². The summed E-state index contributed by atoms with van der Waals surface area (Å²) >= 11 is 0. The van der Waals surface area contributed by atoms with Gasteiger partial charge in [-0.2, -0.15) is 0 Å². The largest absolute Gasteiger partial charge is 0.493 e. The quantitative estimate of drug-likeness (QED) is 0.729. The smallest absolute Gasteiger partial charge is 0.222 e. The first kappa shape index (κ1) is 20.4. The minimum absolute atomic E-state index is 0.228. The van der Waals surface area contributed by atoms with Crippen LogP contribution in [0.3, 0.4) is 0 Å². The summed E-state index contributed by atoms with van der Waals surface area (Å²) in [4.78, 5) is 14.6. The van der Waals surface area contributed by atoms with Crippen molar-refractivity contribution in [2.24, 2.45) is 5.92 Å². The number of rotatable bonds is 9. The molecule has 1 aliphatic rings. The van der Waals surface area contributed by atoms with E-state index in [0.29, 0.717) is 30.1 Å². The summed E-state index contributed by atoms with van der Waals surface area (Å²) in [5, 5.41) is 3.20. The number of nitrogens with one attached hydrogen (secondary N) is 1. The second kappa shape index (κ2) is 10.3. The molecule has 1 aromatic rings. The maximum atomic E-state index is 12.6. The van der Waals surface area contributed by atoms with Crippen molar-refractivity contribution in [3.8, 4) is 17.2 Å². The third kappa shape index (κ3) is 5.27. The molecule has 146 valence electrons. The van der Waals surface area contributed by atoms with Crippen LogP contribution >= 0.6 is 0 Å². The molecule has 0 bridgehead atoms. The summed E-state index contributed by atoms with van der Waals surface area (Å²) in [5.41, 5.74) is 1.01. The van der Waals surface area contributed by atoms with Crippen molar-refractivity contribution in [3.63, 3.8) is 0 Å². The fraction of sp³-hybridized carbons (Fsp3) is 0.650. The number of likely N-dealkylation sites (tertiary alicyclic amines) is 1. The molecule has 1 saturated heterocycles. The molecule has 0 atom stereocenters. The number of ether oxygens (including phenoxy) is 3. The molecule has 0 spiro atoms. The first-order valence-corrected chi connectivity index (χ1v) is 9.34. The fourth-order valence-corrected chi connectivity index (χ4v) is 3.51. The third-order valence-electron chi connectivity index (χ3n) is 5.12. The number of carbonyl (C=O) groups is 1. The molecule has 2 rings (SSSR count). The van der Waals surface area contributed by atoms with Gasteiger partial charge in [-0.1, -0.05) is 0 Å². The van der Waals surface area contributed by atoms with Gasteiger partial charge in [0.15, 0.2) is 11.5 Å². The number of hydrogen-bond acceptors (Lipinski definition) is 5. The van der Waals surface area contributed by atoms with Crippen LogP contribution in [0.2, 0.25) is 0 Å². The fourth-order valence-electron chi connectivity index (χ4n) is 3.51. The second-order valence-corrected chi connectivity index (χ2v) is 6.75. The Morgan fingerprint density at radius 1 is 1.12 bits per heavy atom. The average molecular weight is 364 g/mol. The predicted octanol–water partition coefficient (Wildman–Crippen LogP) is 2.49. The molecule has 26 heavy (non-hydrogen) atoms. The predicted molar refractivity (Wildman–Crippen MR) is 102 cm³/mol. The first-order valence-electron chi connectivity index (χ1n) is 9.34. The van der Waals surface area contributed by atoms with E-state index < -0.39 is 0 Å². The highest BCUT2D eigenvalue weighted by Gasteiger charge is 2.22. The molecule has 1 amide bonds. The van der Waals surface area contributed by atoms with Crippen molar-refractivity contribution in [2.45, 2.75) is 32.1 Å². The summed E-state index contributed by atoms with van der Waals surface area (Å²) < 4.78 is 16.1. The van der Waals surface area contributed by atoms with Crippen LogP contribution in [0.1, 0.15) is 31.2 Å². The summed E-state index contributed by atoms with van der Waals surface area (Å²) in [6.45, 7) is 2.81. The first-order chi connectivity index (χ1) is 12.6. The van der Waals surface area contributed by atoms with E-state index in [-0.39, 0.29) is 5.91 Å². The van der Waals surface area contributed by atoms with Crippen molar-refractivity contribution >= 4 is 5.91 Å². The molecular formula is C20H32N2O4. The van der Waals surface area contributed by atoms with Crippen LogP contribution in [-0.2, 0) is 11.2 Å². The van der Waals surface area contributed by atoms with Crippen LogP contribution in [0.4, 0.5) is 0 Å². The zero-order valence-electron chi connectivity index (χ0n) is 16.5. The van der Waals surface area contributed by atoms with Crippen LogP contribution in [0.15, 0.2) is 12.1 Å². The molecule has 0 radical (unpaired) electrons. The van der Waals surface area contributed by atoms with Crippen LogP contribution in [-0.4, -0.2) is 58.8 Å². The zero-order chi connectivity index (χ0) is 18.9. The van der Waals surface area contributed by atoms with Gasteiger partial charge in [0.2, 0.25) is 11.7 Å². The molecule has 1 fully saturated rings. The lowest BCUT2D eigenvalue weighted by Crippen LogP contribution is -2.39. The Morgan fingerprint density at radius 3 is 2.23 bits per heavy atom. The number of amides is 1. The van der Waals surface area contributed by atoms with E-state index in [4.69, 9.17) is 14.2 Å². The molecule has 0 aliphatic carbocycles.